The summed E-state index contributed by atoms with van der Waals surface area (Å²) in [6.07, 6.45) is -2.57. The van der Waals surface area contributed by atoms with Gasteiger partial charge < -0.3 is 95.6 Å². The molecule has 8 N–H and O–H groups in total. The molecule has 0 aromatic carbocycles. The van der Waals surface area contributed by atoms with Crippen LogP contribution in [-0.2, 0) is 37.9 Å². The quantitative estimate of drug-likeness (QED) is 0.0239. The number of hydrogen-bond donors (Lipinski definition) is 8. The Labute approximate surface area is 333 Å². The maximum Gasteiger partial charge on any atom is 0.187 e. The maximum absolute atomic E-state index is 11.3. The van der Waals surface area contributed by atoms with Crippen LogP contribution in [0.5, 0.6) is 0 Å². The summed E-state index contributed by atoms with van der Waals surface area (Å²) in [6, 6.07) is 0. The largest absolute Gasteiger partial charge is 1.00 e. The second kappa shape index (κ2) is 30.6. The van der Waals surface area contributed by atoms with Crippen molar-refractivity contribution < 1.29 is 95.6 Å². The number of rotatable bonds is 32. The van der Waals surface area contributed by atoms with Crippen LogP contribution in [-0.4, -0.2) is 213 Å². The number of ether oxygens (including phenoxy) is 8. The zero-order chi connectivity index (χ0) is 39.8. The molecule has 11 unspecified atom stereocenters. The summed E-state index contributed by atoms with van der Waals surface area (Å²) in [4.78, 5) is 0. The molecule has 11 atom stereocenters. The average Bonchev–Trinajstić information content (AvgIpc) is 3.13. The Kier molecular flexibility index (Phi) is 29.3. The lowest BCUT2D eigenvalue weighted by atomic mass is 9.97. The van der Waals surface area contributed by atoms with Gasteiger partial charge in [0.05, 0.1) is 93.3 Å². The molecule has 2 aliphatic rings. The predicted molar refractivity (Wildman–Crippen MR) is 195 cm³/mol. The third kappa shape index (κ3) is 20.9. The molecule has 0 aromatic heterocycles. The Morgan fingerprint density at radius 2 is 1.16 bits per heavy atom. The molecule has 55 heavy (non-hydrogen) atoms. The molecular formula is C37H74ClNO16. The lowest BCUT2D eigenvalue weighted by Gasteiger charge is -2.46. The Morgan fingerprint density at radius 3 is 1.82 bits per heavy atom. The lowest BCUT2D eigenvalue weighted by Crippen LogP contribution is -3.00. The normalized spacial score (nSPS) is 29.3. The predicted octanol–water partition coefficient (Wildman–Crippen LogP) is -3.94. The first-order valence-corrected chi connectivity index (χ1v) is 20.0. The molecule has 0 radical (unpaired) electrons. The molecule has 2 saturated heterocycles. The Hall–Kier alpha value is -0.390. The maximum atomic E-state index is 11.3. The fourth-order valence-electron chi connectivity index (χ4n) is 6.67. The minimum atomic E-state index is -1.74. The molecule has 0 aromatic rings. The minimum absolute atomic E-state index is 0. The summed E-state index contributed by atoms with van der Waals surface area (Å²) in [6.45, 7) is 3.26. The van der Waals surface area contributed by atoms with Crippen molar-refractivity contribution in [3.8, 4) is 0 Å². The van der Waals surface area contributed by atoms with E-state index in [-0.39, 0.29) is 85.1 Å². The van der Waals surface area contributed by atoms with Gasteiger partial charge >= 0.3 is 0 Å². The van der Waals surface area contributed by atoms with E-state index >= 15 is 0 Å². The molecule has 17 nitrogen and oxygen atoms in total. The number of nitrogens with zero attached hydrogens (tertiary/aromatic N) is 1. The highest BCUT2D eigenvalue weighted by Gasteiger charge is 2.51. The van der Waals surface area contributed by atoms with E-state index in [1.807, 2.05) is 0 Å². The topological polar surface area (TPSA) is 236 Å². The summed E-state index contributed by atoms with van der Waals surface area (Å²) < 4.78 is 45.4. The van der Waals surface area contributed by atoms with Gasteiger partial charge in [-0.1, -0.05) is 58.3 Å². The van der Waals surface area contributed by atoms with Gasteiger partial charge in [-0.25, -0.2) is 0 Å². The van der Waals surface area contributed by atoms with E-state index in [4.69, 9.17) is 48.1 Å². The van der Waals surface area contributed by atoms with Crippen LogP contribution in [0.25, 0.3) is 0 Å². The molecule has 0 aliphatic carbocycles. The first kappa shape index (κ1) is 52.6. The van der Waals surface area contributed by atoms with E-state index in [1.54, 1.807) is 0 Å². The summed E-state index contributed by atoms with van der Waals surface area (Å²) >= 11 is 0. The van der Waals surface area contributed by atoms with Gasteiger partial charge in [0, 0.05) is 0 Å². The average molecular weight is 824 g/mol. The second-order valence-electron chi connectivity index (χ2n) is 15.0. The lowest BCUT2D eigenvalue weighted by molar-refractivity contribution is -0.893. The van der Waals surface area contributed by atoms with Crippen LogP contribution in [0.3, 0.4) is 0 Å². The Morgan fingerprint density at radius 1 is 0.600 bits per heavy atom. The van der Waals surface area contributed by atoms with Crippen molar-refractivity contribution in [2.45, 2.75) is 139 Å². The molecule has 2 fully saturated rings. The first-order chi connectivity index (χ1) is 25.9. The SMILES string of the molecule is CCCCCCCCCCCC[N+](C)(C)CC(O)COCCOC1C(O)OC(COCCO)C(OC2OC(COCCOCCO)C(O)C(O)C2O)C1O.[Cl-]. The molecule has 2 aliphatic heterocycles. The van der Waals surface area contributed by atoms with E-state index in [1.165, 1.54) is 57.8 Å². The van der Waals surface area contributed by atoms with Gasteiger partial charge in [-0.15, -0.1) is 0 Å². The molecule has 0 amide bonds. The fraction of sp³-hybridized carbons (Fsp3) is 1.00. The van der Waals surface area contributed by atoms with Crippen LogP contribution in [0, 0.1) is 0 Å². The molecular weight excluding hydrogens is 750 g/mol. The van der Waals surface area contributed by atoms with Crippen LogP contribution >= 0.6 is 0 Å². The van der Waals surface area contributed by atoms with Crippen LogP contribution in [0.2, 0.25) is 0 Å². The molecule has 0 bridgehead atoms. The van der Waals surface area contributed by atoms with Crippen molar-refractivity contribution >= 4 is 0 Å². The third-order valence-electron chi connectivity index (χ3n) is 9.67. The van der Waals surface area contributed by atoms with Crippen molar-refractivity contribution in [3.05, 3.63) is 0 Å². The van der Waals surface area contributed by atoms with Gasteiger partial charge in [-0.2, -0.15) is 0 Å². The van der Waals surface area contributed by atoms with Gasteiger partial charge in [0.1, 0.15) is 61.5 Å². The smallest absolute Gasteiger partial charge is 0.187 e. The number of hydrogen-bond acceptors (Lipinski definition) is 16. The summed E-state index contributed by atoms with van der Waals surface area (Å²) in [5.41, 5.74) is 0. The zero-order valence-corrected chi connectivity index (χ0v) is 34.0. The third-order valence-corrected chi connectivity index (χ3v) is 9.67. The van der Waals surface area contributed by atoms with Gasteiger partial charge in [-0.05, 0) is 12.8 Å². The Bertz CT molecular complexity index is 915. The van der Waals surface area contributed by atoms with E-state index in [0.29, 0.717) is 11.0 Å². The van der Waals surface area contributed by atoms with Crippen molar-refractivity contribution in [1.29, 1.82) is 0 Å². The number of aliphatic hydroxyl groups excluding tert-OH is 8. The van der Waals surface area contributed by atoms with E-state index in [2.05, 4.69) is 21.0 Å². The van der Waals surface area contributed by atoms with Gasteiger partial charge in [-0.3, -0.25) is 0 Å². The monoisotopic (exact) mass is 823 g/mol. The van der Waals surface area contributed by atoms with E-state index in [0.717, 1.165) is 13.0 Å². The number of halogens is 1. The second-order valence-corrected chi connectivity index (χ2v) is 15.0. The first-order valence-electron chi connectivity index (χ1n) is 20.0. The summed E-state index contributed by atoms with van der Waals surface area (Å²) in [7, 11) is 4.19. The fourth-order valence-corrected chi connectivity index (χ4v) is 6.67. The van der Waals surface area contributed by atoms with Crippen LogP contribution < -0.4 is 12.4 Å². The van der Waals surface area contributed by atoms with Crippen molar-refractivity contribution in [3.63, 3.8) is 0 Å². The molecule has 2 heterocycles. The van der Waals surface area contributed by atoms with Gasteiger partial charge in [0.25, 0.3) is 0 Å². The van der Waals surface area contributed by atoms with Crippen molar-refractivity contribution in [2.75, 3.05) is 99.9 Å². The Balaban J connectivity index is 0.0000151. The number of aliphatic hydroxyl groups is 8. The minimum Gasteiger partial charge on any atom is -1.00 e. The van der Waals surface area contributed by atoms with Crippen LogP contribution in [0.15, 0.2) is 0 Å². The number of likely N-dealkylation sites (N-methyl/N-ethyl adjacent to an activating group) is 1. The van der Waals surface area contributed by atoms with Crippen molar-refractivity contribution in [1.82, 2.24) is 0 Å². The molecule has 2 rings (SSSR count). The molecule has 0 saturated carbocycles. The summed E-state index contributed by atoms with van der Waals surface area (Å²) in [5.74, 6) is 0. The molecule has 18 heteroatoms. The molecule has 0 spiro atoms. The van der Waals surface area contributed by atoms with Crippen LogP contribution in [0.1, 0.15) is 71.1 Å². The van der Waals surface area contributed by atoms with Gasteiger partial charge in [0.15, 0.2) is 12.6 Å². The number of unbranched alkanes of at least 4 members (excludes halogenated alkanes) is 9. The van der Waals surface area contributed by atoms with E-state index < -0.39 is 67.5 Å². The highest BCUT2D eigenvalue weighted by Crippen LogP contribution is 2.30. The highest BCUT2D eigenvalue weighted by molar-refractivity contribution is 4.94. The summed E-state index contributed by atoms with van der Waals surface area (Å²) in [5, 5.41) is 82.4. The number of quaternary nitrogens is 1. The highest BCUT2D eigenvalue weighted by atomic mass is 35.5. The standard InChI is InChI=1S/C37H74NO16.ClH/c1-4-5-6-7-8-9-10-11-12-13-14-38(2,3)23-27(41)24-49-21-22-51-35-33(45)34(29(52-36(35)46)26-48-18-16-40)54-37-32(44)31(43)30(42)28(53-37)25-50-20-19-47-17-15-39;/h27-37,39-46H,4-26H2,1-3H3;1H/q+1;/p-1. The van der Waals surface area contributed by atoms with E-state index in [9.17, 15) is 30.6 Å². The molecule has 330 valence electrons. The van der Waals surface area contributed by atoms with Crippen molar-refractivity contribution in [2.24, 2.45) is 0 Å². The van der Waals surface area contributed by atoms with Crippen LogP contribution in [0.4, 0.5) is 0 Å². The zero-order valence-electron chi connectivity index (χ0n) is 33.3. The van der Waals surface area contributed by atoms with Gasteiger partial charge in [0.2, 0.25) is 0 Å².